The monoisotopic (exact) mass is 331 g/mol. The van der Waals surface area contributed by atoms with Gasteiger partial charge in [-0.15, -0.1) is 0 Å². The summed E-state index contributed by atoms with van der Waals surface area (Å²) in [6.07, 6.45) is 1.50. The predicted molar refractivity (Wildman–Crippen MR) is 76.4 cm³/mol. The minimum atomic E-state index is -4.15. The topological polar surface area (TPSA) is 73.2 Å². The van der Waals surface area contributed by atoms with Crippen LogP contribution in [0, 0.1) is 18.6 Å². The molecular formula is C13H15F2N3O3S. The summed E-state index contributed by atoms with van der Waals surface area (Å²) in [6, 6.07) is 1.40. The van der Waals surface area contributed by atoms with Gasteiger partial charge in [0.1, 0.15) is 5.82 Å². The number of nitrogens with zero attached hydrogens (tertiary/aromatic N) is 2. The molecule has 0 aliphatic carbocycles. The van der Waals surface area contributed by atoms with Crippen LogP contribution in [0.15, 0.2) is 23.2 Å². The summed E-state index contributed by atoms with van der Waals surface area (Å²) in [5.74, 6) is -2.57. The largest absolute Gasteiger partial charge is 0.491 e. The van der Waals surface area contributed by atoms with Crippen LogP contribution in [0.3, 0.4) is 0 Å². The summed E-state index contributed by atoms with van der Waals surface area (Å²) in [5.41, 5.74) is 0.597. The van der Waals surface area contributed by atoms with E-state index in [0.29, 0.717) is 24.2 Å². The maximum atomic E-state index is 13.7. The number of anilines is 1. The molecule has 0 amide bonds. The molecule has 6 nitrogen and oxygen atoms in total. The van der Waals surface area contributed by atoms with Gasteiger partial charge in [-0.25, -0.2) is 21.9 Å². The summed E-state index contributed by atoms with van der Waals surface area (Å²) in [4.78, 5) is -0.536. The van der Waals surface area contributed by atoms with E-state index in [2.05, 4.69) is 14.6 Å². The summed E-state index contributed by atoms with van der Waals surface area (Å²) >= 11 is 0. The number of benzene rings is 1. The first-order chi connectivity index (χ1) is 10.3. The number of rotatable bonds is 5. The second kappa shape index (κ2) is 5.91. The molecule has 0 fully saturated rings. The Kier molecular flexibility index (Phi) is 4.36. The van der Waals surface area contributed by atoms with Crippen molar-refractivity contribution in [2.75, 3.05) is 11.8 Å². The average molecular weight is 331 g/mol. The average Bonchev–Trinajstić information content (AvgIpc) is 2.78. The lowest BCUT2D eigenvalue weighted by Gasteiger charge is -2.12. The number of hydrogen-bond donors (Lipinski definition) is 1. The third-order valence-electron chi connectivity index (χ3n) is 3.04. The van der Waals surface area contributed by atoms with Crippen LogP contribution in [0.1, 0.15) is 12.5 Å². The summed E-state index contributed by atoms with van der Waals surface area (Å²) in [6.45, 7) is 3.90. The van der Waals surface area contributed by atoms with Gasteiger partial charge in [-0.3, -0.25) is 4.72 Å². The molecule has 120 valence electrons. The Morgan fingerprint density at radius 3 is 2.41 bits per heavy atom. The van der Waals surface area contributed by atoms with Crippen LogP contribution in [-0.2, 0) is 16.6 Å². The lowest BCUT2D eigenvalue weighted by atomic mass is 10.3. The number of aryl methyl sites for hydroxylation is 2. The Balaban J connectivity index is 2.45. The van der Waals surface area contributed by atoms with E-state index in [4.69, 9.17) is 0 Å². The normalized spacial score (nSPS) is 11.5. The number of nitrogens with one attached hydrogen (secondary N) is 1. The van der Waals surface area contributed by atoms with Crippen molar-refractivity contribution >= 4 is 15.8 Å². The van der Waals surface area contributed by atoms with E-state index >= 15 is 0 Å². The number of hydrogen-bond acceptors (Lipinski definition) is 4. The molecule has 0 aliphatic rings. The summed E-state index contributed by atoms with van der Waals surface area (Å²) < 4.78 is 60.2. The number of methoxy groups -OCH3 is 1. The second-order valence-electron chi connectivity index (χ2n) is 4.52. The number of halogens is 2. The van der Waals surface area contributed by atoms with Gasteiger partial charge in [0, 0.05) is 12.1 Å². The van der Waals surface area contributed by atoms with Crippen LogP contribution in [0.25, 0.3) is 0 Å². The molecule has 0 atom stereocenters. The highest BCUT2D eigenvalue weighted by Crippen LogP contribution is 2.26. The fourth-order valence-corrected chi connectivity index (χ4v) is 3.08. The van der Waals surface area contributed by atoms with E-state index in [1.54, 1.807) is 13.8 Å². The van der Waals surface area contributed by atoms with Gasteiger partial charge in [-0.1, -0.05) is 0 Å². The Morgan fingerprint density at radius 1 is 1.32 bits per heavy atom. The van der Waals surface area contributed by atoms with Crippen LogP contribution in [0.4, 0.5) is 14.6 Å². The zero-order valence-corrected chi connectivity index (χ0v) is 13.0. The summed E-state index contributed by atoms with van der Waals surface area (Å²) in [7, 11) is -3.06. The van der Waals surface area contributed by atoms with Gasteiger partial charge >= 0.3 is 0 Å². The van der Waals surface area contributed by atoms with E-state index < -0.39 is 32.3 Å². The Hall–Kier alpha value is -2.16. The third-order valence-corrected chi connectivity index (χ3v) is 4.36. The Labute approximate surface area is 126 Å². The van der Waals surface area contributed by atoms with Crippen LogP contribution in [0.5, 0.6) is 5.75 Å². The molecular weight excluding hydrogens is 316 g/mol. The second-order valence-corrected chi connectivity index (χ2v) is 6.20. The first-order valence-electron chi connectivity index (χ1n) is 6.38. The lowest BCUT2D eigenvalue weighted by molar-refractivity contribution is 0.358. The van der Waals surface area contributed by atoms with Gasteiger partial charge in [0.15, 0.2) is 17.4 Å². The number of aromatic nitrogens is 2. The van der Waals surface area contributed by atoms with Crippen LogP contribution in [0.2, 0.25) is 0 Å². The number of sulfonamides is 1. The van der Waals surface area contributed by atoms with Gasteiger partial charge in [0.05, 0.1) is 18.2 Å². The zero-order valence-electron chi connectivity index (χ0n) is 12.2. The molecule has 2 rings (SSSR count). The van der Waals surface area contributed by atoms with Crippen molar-refractivity contribution in [3.63, 3.8) is 0 Å². The van der Waals surface area contributed by atoms with E-state index in [1.807, 2.05) is 0 Å². The third kappa shape index (κ3) is 2.89. The molecule has 0 unspecified atom stereocenters. The van der Waals surface area contributed by atoms with Crippen molar-refractivity contribution in [2.45, 2.75) is 25.3 Å². The quantitative estimate of drug-likeness (QED) is 0.912. The summed E-state index contributed by atoms with van der Waals surface area (Å²) in [5, 5.41) is 4.00. The highest BCUT2D eigenvalue weighted by molar-refractivity contribution is 7.92. The van der Waals surface area contributed by atoms with Crippen molar-refractivity contribution in [3.8, 4) is 5.75 Å². The highest BCUT2D eigenvalue weighted by Gasteiger charge is 2.22. The lowest BCUT2D eigenvalue weighted by Crippen LogP contribution is -2.17. The maximum Gasteiger partial charge on any atom is 0.263 e. The molecule has 22 heavy (non-hydrogen) atoms. The molecule has 1 N–H and O–H groups in total. The molecule has 0 radical (unpaired) electrons. The highest BCUT2D eigenvalue weighted by atomic mass is 32.2. The molecule has 1 aromatic carbocycles. The van der Waals surface area contributed by atoms with Crippen molar-refractivity contribution in [1.29, 1.82) is 0 Å². The first-order valence-corrected chi connectivity index (χ1v) is 7.86. The Bertz CT molecular complexity index is 780. The Morgan fingerprint density at radius 2 is 1.91 bits per heavy atom. The van der Waals surface area contributed by atoms with Crippen LogP contribution < -0.4 is 9.46 Å². The van der Waals surface area contributed by atoms with Crippen molar-refractivity contribution < 1.29 is 21.9 Å². The first kappa shape index (κ1) is 16.2. The molecule has 2 aromatic rings. The molecule has 0 saturated heterocycles. The predicted octanol–water partition coefficient (Wildman–Crippen LogP) is 2.30. The van der Waals surface area contributed by atoms with Crippen LogP contribution in [-0.4, -0.2) is 25.3 Å². The zero-order chi connectivity index (χ0) is 16.5. The fourth-order valence-electron chi connectivity index (χ4n) is 1.92. The molecule has 1 heterocycles. The minimum absolute atomic E-state index is 0.249. The maximum absolute atomic E-state index is 13.7. The van der Waals surface area contributed by atoms with Gasteiger partial charge in [-0.05, 0) is 26.0 Å². The van der Waals surface area contributed by atoms with Gasteiger partial charge < -0.3 is 4.74 Å². The van der Waals surface area contributed by atoms with E-state index in [-0.39, 0.29) is 5.82 Å². The SMILES string of the molecule is CCn1ncc(C)c1NS(=O)(=O)c1cc(F)c(OC)c(F)c1. The number of ether oxygens (including phenoxy) is 1. The van der Waals surface area contributed by atoms with Crippen LogP contribution >= 0.6 is 0 Å². The molecule has 1 aromatic heterocycles. The molecule has 0 spiro atoms. The van der Waals surface area contributed by atoms with E-state index in [0.717, 1.165) is 7.11 Å². The standard InChI is InChI=1S/C13H15F2N3O3S/c1-4-18-13(8(2)7-16-18)17-22(19,20)9-5-10(14)12(21-3)11(15)6-9/h5-7,17H,4H2,1-3H3. The molecule has 0 saturated carbocycles. The molecule has 9 heteroatoms. The van der Waals surface area contributed by atoms with Crippen molar-refractivity contribution in [1.82, 2.24) is 9.78 Å². The fraction of sp³-hybridized carbons (Fsp3) is 0.308. The van der Waals surface area contributed by atoms with E-state index in [9.17, 15) is 17.2 Å². The van der Waals surface area contributed by atoms with Crippen molar-refractivity contribution in [2.24, 2.45) is 0 Å². The van der Waals surface area contributed by atoms with Gasteiger partial charge in [0.2, 0.25) is 0 Å². The molecule has 0 aliphatic heterocycles. The van der Waals surface area contributed by atoms with Gasteiger partial charge in [-0.2, -0.15) is 5.10 Å². The minimum Gasteiger partial charge on any atom is -0.491 e. The molecule has 0 bridgehead atoms. The van der Waals surface area contributed by atoms with E-state index in [1.165, 1.54) is 10.9 Å². The van der Waals surface area contributed by atoms with Gasteiger partial charge in [0.25, 0.3) is 10.0 Å². The smallest absolute Gasteiger partial charge is 0.263 e. The van der Waals surface area contributed by atoms with Crippen molar-refractivity contribution in [3.05, 3.63) is 35.5 Å².